The molecule has 0 aliphatic carbocycles. The van der Waals surface area contributed by atoms with E-state index in [0.717, 1.165) is 9.99 Å². The van der Waals surface area contributed by atoms with E-state index >= 15 is 0 Å². The van der Waals surface area contributed by atoms with Gasteiger partial charge in [0.25, 0.3) is 0 Å². The van der Waals surface area contributed by atoms with Crippen LogP contribution in [0.2, 0.25) is 0 Å². The molecule has 0 fully saturated rings. The molecule has 0 spiro atoms. The molecule has 0 bridgehead atoms. The van der Waals surface area contributed by atoms with E-state index in [0.29, 0.717) is 11.4 Å². The van der Waals surface area contributed by atoms with Crippen molar-refractivity contribution in [1.29, 1.82) is 0 Å². The standard InChI is InChI=1S/C14H17N3O2S/c1-17(2)20(18,19)16-14-11-7-6-10-13(14)15-12-8-4-3-5-9-12/h3-11,15-16H,1-2H3. The van der Waals surface area contributed by atoms with Crippen molar-refractivity contribution in [2.75, 3.05) is 24.1 Å². The van der Waals surface area contributed by atoms with Gasteiger partial charge in [0.2, 0.25) is 0 Å². The fraction of sp³-hybridized carbons (Fsp3) is 0.143. The van der Waals surface area contributed by atoms with Crippen LogP contribution in [0.5, 0.6) is 0 Å². The second-order valence-electron chi connectivity index (χ2n) is 4.43. The Bertz CT molecular complexity index is 670. The molecule has 0 aliphatic heterocycles. The van der Waals surface area contributed by atoms with Gasteiger partial charge in [-0.05, 0) is 24.3 Å². The van der Waals surface area contributed by atoms with Crippen molar-refractivity contribution in [1.82, 2.24) is 4.31 Å². The van der Waals surface area contributed by atoms with Gasteiger partial charge in [0.1, 0.15) is 0 Å². The third-order valence-electron chi connectivity index (χ3n) is 2.70. The minimum absolute atomic E-state index is 0.505. The Morgan fingerprint density at radius 3 is 2.00 bits per heavy atom. The number of nitrogens with one attached hydrogen (secondary N) is 2. The lowest BCUT2D eigenvalue weighted by molar-refractivity contribution is 0.527. The first-order valence-electron chi connectivity index (χ1n) is 6.10. The first kappa shape index (κ1) is 14.4. The second kappa shape index (κ2) is 5.94. The number of benzene rings is 2. The lowest BCUT2D eigenvalue weighted by Crippen LogP contribution is -2.29. The molecule has 106 valence electrons. The quantitative estimate of drug-likeness (QED) is 0.890. The van der Waals surface area contributed by atoms with Crippen LogP contribution in [0, 0.1) is 0 Å². The van der Waals surface area contributed by atoms with Crippen LogP contribution in [0.1, 0.15) is 0 Å². The smallest absolute Gasteiger partial charge is 0.301 e. The molecule has 0 unspecified atom stereocenters. The Balaban J connectivity index is 2.27. The third-order valence-corrected chi connectivity index (χ3v) is 4.14. The Hall–Kier alpha value is -2.05. The van der Waals surface area contributed by atoms with Crippen LogP contribution in [-0.2, 0) is 10.2 Å². The summed E-state index contributed by atoms with van der Waals surface area (Å²) in [6, 6.07) is 16.7. The van der Waals surface area contributed by atoms with Crippen molar-refractivity contribution >= 4 is 27.3 Å². The Morgan fingerprint density at radius 2 is 1.40 bits per heavy atom. The summed E-state index contributed by atoms with van der Waals surface area (Å²) in [7, 11) is -0.559. The van der Waals surface area contributed by atoms with Gasteiger partial charge in [0, 0.05) is 19.8 Å². The van der Waals surface area contributed by atoms with Crippen molar-refractivity contribution in [3.63, 3.8) is 0 Å². The van der Waals surface area contributed by atoms with Crippen LogP contribution < -0.4 is 10.0 Å². The summed E-state index contributed by atoms with van der Waals surface area (Å²) in [5, 5.41) is 3.19. The van der Waals surface area contributed by atoms with E-state index in [9.17, 15) is 8.42 Å². The lowest BCUT2D eigenvalue weighted by atomic mass is 10.2. The largest absolute Gasteiger partial charge is 0.354 e. The third kappa shape index (κ3) is 3.49. The molecular weight excluding hydrogens is 274 g/mol. The van der Waals surface area contributed by atoms with Gasteiger partial charge in [-0.3, -0.25) is 4.72 Å². The summed E-state index contributed by atoms with van der Waals surface area (Å²) in [5.41, 5.74) is 2.10. The molecule has 0 aromatic heterocycles. The number of rotatable bonds is 5. The van der Waals surface area contributed by atoms with Gasteiger partial charge in [-0.15, -0.1) is 0 Å². The highest BCUT2D eigenvalue weighted by Gasteiger charge is 2.14. The zero-order valence-electron chi connectivity index (χ0n) is 11.4. The van der Waals surface area contributed by atoms with Crippen molar-refractivity contribution < 1.29 is 8.42 Å². The molecule has 0 atom stereocenters. The monoisotopic (exact) mass is 291 g/mol. The molecule has 0 aliphatic rings. The van der Waals surface area contributed by atoms with Crippen LogP contribution in [0.4, 0.5) is 17.1 Å². The Morgan fingerprint density at radius 1 is 0.850 bits per heavy atom. The van der Waals surface area contributed by atoms with Crippen LogP contribution in [0.25, 0.3) is 0 Å². The maximum Gasteiger partial charge on any atom is 0.301 e. The van der Waals surface area contributed by atoms with E-state index < -0.39 is 10.2 Å². The molecule has 6 heteroatoms. The van der Waals surface area contributed by atoms with Crippen LogP contribution >= 0.6 is 0 Å². The number of hydrogen-bond acceptors (Lipinski definition) is 3. The molecule has 0 radical (unpaired) electrons. The lowest BCUT2D eigenvalue weighted by Gasteiger charge is -2.17. The summed E-state index contributed by atoms with van der Waals surface area (Å²) in [5.74, 6) is 0. The summed E-state index contributed by atoms with van der Waals surface area (Å²) >= 11 is 0. The van der Waals surface area contributed by atoms with E-state index in [4.69, 9.17) is 0 Å². The highest BCUT2D eigenvalue weighted by atomic mass is 32.2. The molecule has 0 heterocycles. The predicted molar refractivity (Wildman–Crippen MR) is 82.4 cm³/mol. The SMILES string of the molecule is CN(C)S(=O)(=O)Nc1ccccc1Nc1ccccc1. The normalized spacial score (nSPS) is 11.3. The fourth-order valence-corrected chi connectivity index (χ4v) is 2.23. The maximum atomic E-state index is 11.9. The van der Waals surface area contributed by atoms with Gasteiger partial charge < -0.3 is 5.32 Å². The highest BCUT2D eigenvalue weighted by molar-refractivity contribution is 7.90. The molecule has 0 saturated carbocycles. The van der Waals surface area contributed by atoms with Gasteiger partial charge in [-0.25, -0.2) is 0 Å². The molecular formula is C14H17N3O2S. The Kier molecular flexibility index (Phi) is 4.26. The fourth-order valence-electron chi connectivity index (χ4n) is 1.59. The zero-order chi connectivity index (χ0) is 14.6. The van der Waals surface area contributed by atoms with Crippen LogP contribution in [0.15, 0.2) is 54.6 Å². The molecule has 5 nitrogen and oxygen atoms in total. The second-order valence-corrected chi connectivity index (χ2v) is 6.31. The van der Waals surface area contributed by atoms with Gasteiger partial charge in [-0.2, -0.15) is 12.7 Å². The Labute approximate surface area is 119 Å². The molecule has 2 aromatic rings. The van der Waals surface area contributed by atoms with Crippen molar-refractivity contribution in [2.24, 2.45) is 0 Å². The average molecular weight is 291 g/mol. The summed E-state index contributed by atoms with van der Waals surface area (Å²) in [6.07, 6.45) is 0. The minimum atomic E-state index is -3.52. The first-order chi connectivity index (χ1) is 9.49. The minimum Gasteiger partial charge on any atom is -0.354 e. The van der Waals surface area contributed by atoms with Gasteiger partial charge in [-0.1, -0.05) is 30.3 Å². The van der Waals surface area contributed by atoms with Crippen molar-refractivity contribution in [3.8, 4) is 0 Å². The number of anilines is 3. The van der Waals surface area contributed by atoms with E-state index in [2.05, 4.69) is 10.0 Å². The maximum absolute atomic E-state index is 11.9. The van der Waals surface area contributed by atoms with Crippen molar-refractivity contribution in [2.45, 2.75) is 0 Å². The molecule has 2 N–H and O–H groups in total. The van der Waals surface area contributed by atoms with Crippen molar-refractivity contribution in [3.05, 3.63) is 54.6 Å². The van der Waals surface area contributed by atoms with E-state index in [-0.39, 0.29) is 0 Å². The zero-order valence-corrected chi connectivity index (χ0v) is 12.2. The van der Waals surface area contributed by atoms with Crippen LogP contribution in [-0.4, -0.2) is 26.8 Å². The summed E-state index contributed by atoms with van der Waals surface area (Å²) in [4.78, 5) is 0. The van der Waals surface area contributed by atoms with Crippen LogP contribution in [0.3, 0.4) is 0 Å². The predicted octanol–water partition coefficient (Wildman–Crippen LogP) is 2.65. The first-order valence-corrected chi connectivity index (χ1v) is 7.54. The molecule has 2 rings (SSSR count). The number of hydrogen-bond donors (Lipinski definition) is 2. The highest BCUT2D eigenvalue weighted by Crippen LogP contribution is 2.26. The van der Waals surface area contributed by atoms with E-state index in [1.807, 2.05) is 42.5 Å². The van der Waals surface area contributed by atoms with Gasteiger partial charge in [0.15, 0.2) is 0 Å². The molecule has 0 amide bonds. The topological polar surface area (TPSA) is 61.4 Å². The molecule has 0 saturated heterocycles. The summed E-state index contributed by atoms with van der Waals surface area (Å²) in [6.45, 7) is 0. The van der Waals surface area contributed by atoms with E-state index in [1.54, 1.807) is 12.1 Å². The number of nitrogens with zero attached hydrogens (tertiary/aromatic N) is 1. The van der Waals surface area contributed by atoms with Gasteiger partial charge >= 0.3 is 10.2 Å². The number of para-hydroxylation sites is 3. The van der Waals surface area contributed by atoms with E-state index in [1.165, 1.54) is 14.1 Å². The summed E-state index contributed by atoms with van der Waals surface area (Å²) < 4.78 is 27.5. The average Bonchev–Trinajstić information content (AvgIpc) is 2.42. The molecule has 20 heavy (non-hydrogen) atoms. The molecule has 2 aromatic carbocycles. The van der Waals surface area contributed by atoms with Gasteiger partial charge in [0.05, 0.1) is 11.4 Å².